The molecule has 1 aliphatic carbocycles. The predicted octanol–water partition coefficient (Wildman–Crippen LogP) is 8.50. The Hall–Kier alpha value is -2.27. The highest BCUT2D eigenvalue weighted by molar-refractivity contribution is 9.10. The third-order valence-electron chi connectivity index (χ3n) is 7.60. The molecule has 0 bridgehead atoms. The third kappa shape index (κ3) is 5.19. The van der Waals surface area contributed by atoms with Crippen LogP contribution in [-0.4, -0.2) is 23.9 Å². The molecule has 4 rings (SSSR count). The van der Waals surface area contributed by atoms with Crippen LogP contribution in [0.5, 0.6) is 0 Å². The highest BCUT2D eigenvalue weighted by Gasteiger charge is 2.30. The third-order valence-corrected chi connectivity index (χ3v) is 8.10. The average Bonchev–Trinajstić information content (AvgIpc) is 3.19. The summed E-state index contributed by atoms with van der Waals surface area (Å²) in [5.74, 6) is 1.65. The molecular weight excluding hydrogens is 488 g/mol. The van der Waals surface area contributed by atoms with E-state index in [-0.39, 0.29) is 18.0 Å². The van der Waals surface area contributed by atoms with Gasteiger partial charge in [0.1, 0.15) is 11.3 Å². The molecule has 1 atom stereocenters. The van der Waals surface area contributed by atoms with Gasteiger partial charge in [0.05, 0.1) is 6.04 Å². The second kappa shape index (κ2) is 11.0. The maximum atomic E-state index is 13.0. The van der Waals surface area contributed by atoms with Crippen molar-refractivity contribution in [3.05, 3.63) is 63.8 Å². The lowest BCUT2D eigenvalue weighted by molar-refractivity contribution is 0.0723. The van der Waals surface area contributed by atoms with Gasteiger partial charge in [-0.1, -0.05) is 49.0 Å². The number of furan rings is 1. The van der Waals surface area contributed by atoms with Gasteiger partial charge in [0.15, 0.2) is 0 Å². The zero-order valence-electron chi connectivity index (χ0n) is 20.9. The van der Waals surface area contributed by atoms with Crippen LogP contribution in [-0.2, 0) is 0 Å². The molecule has 0 saturated heterocycles. The molecule has 1 saturated carbocycles. The van der Waals surface area contributed by atoms with Crippen molar-refractivity contribution in [2.45, 2.75) is 77.8 Å². The fraction of sp³-hybridized carbons (Fsp3) is 0.483. The van der Waals surface area contributed by atoms with E-state index in [0.29, 0.717) is 5.92 Å². The van der Waals surface area contributed by atoms with E-state index in [2.05, 4.69) is 48.1 Å². The maximum Gasteiger partial charge on any atom is 0.253 e. The first-order valence-corrected chi connectivity index (χ1v) is 13.5. The summed E-state index contributed by atoms with van der Waals surface area (Å²) in [4.78, 5) is 14.8. The number of aryl methyl sites for hydroxylation is 1. The Bertz CT molecular complexity index is 1110. The van der Waals surface area contributed by atoms with Crippen molar-refractivity contribution in [1.82, 2.24) is 4.90 Å². The fourth-order valence-electron chi connectivity index (χ4n) is 5.47. The predicted molar refractivity (Wildman–Crippen MR) is 144 cm³/mol. The lowest BCUT2D eigenvalue weighted by atomic mass is 9.82. The Morgan fingerprint density at radius 1 is 1.09 bits per heavy atom. The Balaban J connectivity index is 1.60. The van der Waals surface area contributed by atoms with Crippen molar-refractivity contribution in [2.24, 2.45) is 5.92 Å². The molecule has 182 valence electrons. The van der Waals surface area contributed by atoms with Gasteiger partial charge < -0.3 is 14.6 Å². The molecule has 1 fully saturated rings. The Kier molecular flexibility index (Phi) is 8.02. The summed E-state index contributed by atoms with van der Waals surface area (Å²) in [7, 11) is 1.91. The topological polar surface area (TPSA) is 45.5 Å². The van der Waals surface area contributed by atoms with E-state index in [1.807, 2.05) is 48.3 Å². The number of carbonyl (C=O) groups excluding carboxylic acids is 1. The number of fused-ring (bicyclic) bond motifs is 1. The first-order valence-electron chi connectivity index (χ1n) is 12.7. The van der Waals surface area contributed by atoms with Crippen LogP contribution in [0, 0.1) is 12.8 Å². The molecule has 4 nitrogen and oxygen atoms in total. The van der Waals surface area contributed by atoms with Crippen LogP contribution >= 0.6 is 15.9 Å². The van der Waals surface area contributed by atoms with Gasteiger partial charge >= 0.3 is 0 Å². The second-order valence-corrected chi connectivity index (χ2v) is 10.6. The van der Waals surface area contributed by atoms with Gasteiger partial charge in [-0.25, -0.2) is 0 Å². The minimum Gasteiger partial charge on any atom is -0.459 e. The van der Waals surface area contributed by atoms with Gasteiger partial charge in [-0.05, 0) is 81.0 Å². The highest BCUT2D eigenvalue weighted by Crippen LogP contribution is 2.41. The smallest absolute Gasteiger partial charge is 0.253 e. The molecule has 5 heteroatoms. The van der Waals surface area contributed by atoms with Gasteiger partial charge in [-0.3, -0.25) is 4.79 Å². The SMILES string of the molecule is CCC(CC)N(C)C(=O)c1ccc(NC(c2oc3ccc(Br)cc3c2C)C2CCCCC2)cc1. The zero-order valence-corrected chi connectivity index (χ0v) is 22.5. The molecular formula is C29H37BrN2O2. The minimum atomic E-state index is 0.0859. The largest absolute Gasteiger partial charge is 0.459 e. The van der Waals surface area contributed by atoms with Gasteiger partial charge in [-0.15, -0.1) is 0 Å². The Labute approximate surface area is 212 Å². The van der Waals surface area contributed by atoms with E-state index in [9.17, 15) is 4.79 Å². The molecule has 1 amide bonds. The number of halogens is 1. The molecule has 2 aromatic carbocycles. The van der Waals surface area contributed by atoms with Gasteiger partial charge in [0.25, 0.3) is 5.91 Å². The van der Waals surface area contributed by atoms with E-state index in [4.69, 9.17) is 4.42 Å². The standard InChI is InChI=1S/C29H37BrN2O2/c1-5-24(6-2)32(4)29(33)21-12-15-23(16-13-21)31-27(20-10-8-7-9-11-20)28-19(3)25-18-22(30)14-17-26(25)34-28/h12-18,20,24,27,31H,5-11H2,1-4H3. The number of hydrogen-bond donors (Lipinski definition) is 1. The van der Waals surface area contributed by atoms with Crippen molar-refractivity contribution in [1.29, 1.82) is 0 Å². The van der Waals surface area contributed by atoms with Gasteiger partial charge in [-0.2, -0.15) is 0 Å². The summed E-state index contributed by atoms with van der Waals surface area (Å²) in [5.41, 5.74) is 3.90. The van der Waals surface area contributed by atoms with Gasteiger partial charge in [0.2, 0.25) is 0 Å². The summed E-state index contributed by atoms with van der Waals surface area (Å²) in [6, 6.07) is 14.6. The summed E-state index contributed by atoms with van der Waals surface area (Å²) in [6.07, 6.45) is 8.19. The monoisotopic (exact) mass is 524 g/mol. The highest BCUT2D eigenvalue weighted by atomic mass is 79.9. The van der Waals surface area contributed by atoms with Crippen molar-refractivity contribution in [3.8, 4) is 0 Å². The number of benzene rings is 2. The van der Waals surface area contributed by atoms with Crippen molar-refractivity contribution in [2.75, 3.05) is 12.4 Å². The number of nitrogens with zero attached hydrogens (tertiary/aromatic N) is 1. The van der Waals surface area contributed by atoms with E-state index in [1.165, 1.54) is 37.7 Å². The second-order valence-electron chi connectivity index (χ2n) is 9.72. The molecule has 1 aromatic heterocycles. The van der Waals surface area contributed by atoms with E-state index >= 15 is 0 Å². The lowest BCUT2D eigenvalue weighted by Crippen LogP contribution is -2.36. The molecule has 0 spiro atoms. The van der Waals surface area contributed by atoms with Crippen molar-refractivity contribution in [3.63, 3.8) is 0 Å². The number of hydrogen-bond acceptors (Lipinski definition) is 3. The number of carbonyl (C=O) groups is 1. The van der Waals surface area contributed by atoms with E-state index < -0.39 is 0 Å². The van der Waals surface area contributed by atoms with Crippen molar-refractivity contribution >= 4 is 38.5 Å². The van der Waals surface area contributed by atoms with Crippen molar-refractivity contribution < 1.29 is 9.21 Å². The van der Waals surface area contributed by atoms with Crippen LogP contribution in [0.2, 0.25) is 0 Å². The number of anilines is 1. The summed E-state index contributed by atoms with van der Waals surface area (Å²) in [5, 5.41) is 4.96. The van der Waals surface area contributed by atoms with Crippen LogP contribution in [0.4, 0.5) is 5.69 Å². The maximum absolute atomic E-state index is 13.0. The molecule has 34 heavy (non-hydrogen) atoms. The van der Waals surface area contributed by atoms with Crippen LogP contribution in [0.3, 0.4) is 0 Å². The zero-order chi connectivity index (χ0) is 24.2. The van der Waals surface area contributed by atoms with Crippen LogP contribution < -0.4 is 5.32 Å². The fourth-order valence-corrected chi connectivity index (χ4v) is 5.83. The van der Waals surface area contributed by atoms with Crippen LogP contribution in [0.15, 0.2) is 51.4 Å². The molecule has 0 aliphatic heterocycles. The number of amides is 1. The number of nitrogens with one attached hydrogen (secondary N) is 1. The summed E-state index contributed by atoms with van der Waals surface area (Å²) < 4.78 is 7.51. The Morgan fingerprint density at radius 3 is 2.41 bits per heavy atom. The quantitative estimate of drug-likeness (QED) is 0.321. The molecule has 3 aromatic rings. The molecule has 1 heterocycles. The molecule has 0 radical (unpaired) electrons. The van der Waals surface area contributed by atoms with E-state index in [1.54, 1.807) is 0 Å². The Morgan fingerprint density at radius 2 is 1.76 bits per heavy atom. The van der Waals surface area contributed by atoms with E-state index in [0.717, 1.165) is 45.3 Å². The molecule has 1 N–H and O–H groups in total. The summed E-state index contributed by atoms with van der Waals surface area (Å²) >= 11 is 3.60. The van der Waals surface area contributed by atoms with Crippen LogP contribution in [0.25, 0.3) is 11.0 Å². The molecule has 1 unspecified atom stereocenters. The minimum absolute atomic E-state index is 0.0859. The normalized spacial score (nSPS) is 15.6. The molecule has 1 aliphatic rings. The van der Waals surface area contributed by atoms with Crippen LogP contribution in [0.1, 0.15) is 86.5 Å². The lowest BCUT2D eigenvalue weighted by Gasteiger charge is -2.31. The summed E-state index contributed by atoms with van der Waals surface area (Å²) in [6.45, 7) is 6.44. The number of rotatable bonds is 8. The first kappa shape index (κ1) is 24.8. The average molecular weight is 526 g/mol. The first-order chi connectivity index (χ1) is 16.4. The van der Waals surface area contributed by atoms with Gasteiger partial charge in [0, 0.05) is 39.8 Å².